The van der Waals surface area contributed by atoms with Crippen LogP contribution in [0.5, 0.6) is 0 Å². The molecule has 0 saturated carbocycles. The van der Waals surface area contributed by atoms with E-state index in [0.29, 0.717) is 11.3 Å². The van der Waals surface area contributed by atoms with Crippen molar-refractivity contribution in [3.63, 3.8) is 0 Å². The van der Waals surface area contributed by atoms with Gasteiger partial charge in [-0.15, -0.1) is 11.3 Å². The zero-order valence-electron chi connectivity index (χ0n) is 10.1. The van der Waals surface area contributed by atoms with Gasteiger partial charge in [-0.05, 0) is 19.2 Å². The summed E-state index contributed by atoms with van der Waals surface area (Å²) in [4.78, 5) is 3.34. The predicted octanol–water partition coefficient (Wildman–Crippen LogP) is 3.75. The summed E-state index contributed by atoms with van der Waals surface area (Å²) in [5.41, 5.74) is -0.327. The topological polar surface area (TPSA) is 24.9 Å². The van der Waals surface area contributed by atoms with E-state index < -0.39 is 28.9 Å². The van der Waals surface area contributed by atoms with E-state index in [4.69, 9.17) is 0 Å². The highest BCUT2D eigenvalue weighted by atomic mass is 32.1. The van der Waals surface area contributed by atoms with Crippen LogP contribution in [-0.2, 0) is 6.18 Å². The maximum atomic E-state index is 13.7. The van der Waals surface area contributed by atoms with E-state index in [0.717, 1.165) is 18.3 Å². The van der Waals surface area contributed by atoms with Crippen LogP contribution in [0.3, 0.4) is 0 Å². The van der Waals surface area contributed by atoms with Crippen LogP contribution < -0.4 is 5.32 Å². The van der Waals surface area contributed by atoms with Crippen molar-refractivity contribution in [2.75, 3.05) is 7.05 Å². The van der Waals surface area contributed by atoms with Crippen molar-refractivity contribution >= 4 is 11.3 Å². The van der Waals surface area contributed by atoms with Crippen LogP contribution in [0.2, 0.25) is 0 Å². The SMILES string of the molecule is CNC(c1cnc(C(F)(F)F)s1)c1c(F)cccc1F. The van der Waals surface area contributed by atoms with E-state index >= 15 is 0 Å². The van der Waals surface area contributed by atoms with Crippen molar-refractivity contribution in [1.82, 2.24) is 10.3 Å². The maximum Gasteiger partial charge on any atom is 0.443 e. The minimum atomic E-state index is -4.57. The Bertz CT molecular complexity index is 588. The molecule has 0 saturated heterocycles. The molecule has 1 aromatic heterocycles. The van der Waals surface area contributed by atoms with Gasteiger partial charge in [0.1, 0.15) is 11.6 Å². The lowest BCUT2D eigenvalue weighted by Crippen LogP contribution is -2.19. The molecular formula is C12H9F5N2S. The summed E-state index contributed by atoms with van der Waals surface area (Å²) < 4.78 is 64.9. The second-order valence-corrected chi connectivity index (χ2v) is 4.98. The Labute approximate surface area is 115 Å². The van der Waals surface area contributed by atoms with Crippen molar-refractivity contribution in [2.24, 2.45) is 0 Å². The van der Waals surface area contributed by atoms with Gasteiger partial charge >= 0.3 is 6.18 Å². The maximum absolute atomic E-state index is 13.7. The number of aromatic nitrogens is 1. The van der Waals surface area contributed by atoms with Crippen LogP contribution in [0.15, 0.2) is 24.4 Å². The summed E-state index contributed by atoms with van der Waals surface area (Å²) >= 11 is 0.353. The number of benzene rings is 1. The van der Waals surface area contributed by atoms with E-state index in [1.807, 2.05) is 0 Å². The Hall–Kier alpha value is -1.54. The Kier molecular flexibility index (Phi) is 4.05. The van der Waals surface area contributed by atoms with Crippen molar-refractivity contribution in [3.05, 3.63) is 51.5 Å². The molecule has 0 aliphatic heterocycles. The molecule has 0 aliphatic carbocycles. The molecule has 2 nitrogen and oxygen atoms in total. The molecule has 0 amide bonds. The molecule has 0 radical (unpaired) electrons. The van der Waals surface area contributed by atoms with Gasteiger partial charge in [0.2, 0.25) is 0 Å². The fraction of sp³-hybridized carbons (Fsp3) is 0.250. The largest absolute Gasteiger partial charge is 0.443 e. The fourth-order valence-corrected chi connectivity index (χ4v) is 2.67. The lowest BCUT2D eigenvalue weighted by molar-refractivity contribution is -0.137. The molecule has 0 fully saturated rings. The molecule has 1 N–H and O–H groups in total. The zero-order chi connectivity index (χ0) is 14.9. The van der Waals surface area contributed by atoms with Crippen molar-refractivity contribution in [3.8, 4) is 0 Å². The first kappa shape index (κ1) is 14.9. The number of alkyl halides is 3. The Morgan fingerprint density at radius 3 is 2.25 bits per heavy atom. The molecule has 2 rings (SSSR count). The van der Waals surface area contributed by atoms with Gasteiger partial charge < -0.3 is 5.32 Å². The lowest BCUT2D eigenvalue weighted by Gasteiger charge is -2.16. The number of rotatable bonds is 3. The first-order valence-corrected chi connectivity index (χ1v) is 6.30. The molecule has 1 unspecified atom stereocenters. The third-order valence-electron chi connectivity index (χ3n) is 2.63. The molecular weight excluding hydrogens is 299 g/mol. The van der Waals surface area contributed by atoms with Gasteiger partial charge in [-0.2, -0.15) is 13.2 Å². The van der Waals surface area contributed by atoms with E-state index in [1.54, 1.807) is 0 Å². The summed E-state index contributed by atoms with van der Waals surface area (Å²) in [6.45, 7) is 0. The molecule has 0 aliphatic rings. The van der Waals surface area contributed by atoms with Gasteiger partial charge in [-0.3, -0.25) is 0 Å². The average molecular weight is 308 g/mol. The number of hydrogen-bond acceptors (Lipinski definition) is 3. The van der Waals surface area contributed by atoms with E-state index in [2.05, 4.69) is 10.3 Å². The molecule has 108 valence electrons. The number of thiazole rings is 1. The normalized spacial score (nSPS) is 13.5. The summed E-state index contributed by atoms with van der Waals surface area (Å²) in [5, 5.41) is 1.55. The average Bonchev–Trinajstić information content (AvgIpc) is 2.83. The second kappa shape index (κ2) is 5.45. The van der Waals surface area contributed by atoms with Crippen molar-refractivity contribution < 1.29 is 22.0 Å². The Morgan fingerprint density at radius 1 is 1.20 bits per heavy atom. The standard InChI is InChI=1S/C12H9F5N2S/c1-18-10(9-6(13)3-2-4-7(9)14)8-5-19-11(20-8)12(15,16)17/h2-5,10,18H,1H3. The van der Waals surface area contributed by atoms with Crippen LogP contribution in [-0.4, -0.2) is 12.0 Å². The summed E-state index contributed by atoms with van der Waals surface area (Å²) in [7, 11) is 1.41. The van der Waals surface area contributed by atoms with E-state index in [1.165, 1.54) is 13.1 Å². The number of hydrogen-bond donors (Lipinski definition) is 1. The van der Waals surface area contributed by atoms with Crippen molar-refractivity contribution in [1.29, 1.82) is 0 Å². The Morgan fingerprint density at radius 2 is 1.80 bits per heavy atom. The first-order valence-electron chi connectivity index (χ1n) is 5.48. The highest BCUT2D eigenvalue weighted by Crippen LogP contribution is 2.36. The highest BCUT2D eigenvalue weighted by Gasteiger charge is 2.35. The van der Waals surface area contributed by atoms with Crippen LogP contribution in [0.4, 0.5) is 22.0 Å². The van der Waals surface area contributed by atoms with Gasteiger partial charge in [-0.1, -0.05) is 6.07 Å². The highest BCUT2D eigenvalue weighted by molar-refractivity contribution is 7.11. The summed E-state index contributed by atoms with van der Waals surface area (Å²) in [5.74, 6) is -1.65. The van der Waals surface area contributed by atoms with Crippen LogP contribution >= 0.6 is 11.3 Å². The van der Waals surface area contributed by atoms with Gasteiger partial charge in [-0.25, -0.2) is 13.8 Å². The van der Waals surface area contributed by atoms with E-state index in [-0.39, 0.29) is 10.4 Å². The first-order chi connectivity index (χ1) is 9.34. The van der Waals surface area contributed by atoms with Crippen molar-refractivity contribution in [2.45, 2.75) is 12.2 Å². The van der Waals surface area contributed by atoms with E-state index in [9.17, 15) is 22.0 Å². The van der Waals surface area contributed by atoms with Crippen LogP contribution in [0.1, 0.15) is 21.5 Å². The molecule has 0 bridgehead atoms. The lowest BCUT2D eigenvalue weighted by atomic mass is 10.0. The van der Waals surface area contributed by atoms with Gasteiger partial charge in [0.05, 0.1) is 6.04 Å². The molecule has 1 heterocycles. The molecule has 20 heavy (non-hydrogen) atoms. The van der Waals surface area contributed by atoms with Gasteiger partial charge in [0, 0.05) is 16.6 Å². The quantitative estimate of drug-likeness (QED) is 0.874. The van der Waals surface area contributed by atoms with Gasteiger partial charge in [0.15, 0.2) is 5.01 Å². The molecule has 2 aromatic rings. The predicted molar refractivity (Wildman–Crippen MR) is 64.4 cm³/mol. The van der Waals surface area contributed by atoms with Gasteiger partial charge in [0.25, 0.3) is 0 Å². The number of halogens is 5. The molecule has 1 aromatic carbocycles. The Balaban J connectivity index is 2.45. The molecule has 1 atom stereocenters. The summed E-state index contributed by atoms with van der Waals surface area (Å²) in [6.07, 6.45) is -3.60. The third-order valence-corrected chi connectivity index (χ3v) is 3.73. The minimum Gasteiger partial charge on any atom is -0.308 e. The zero-order valence-corrected chi connectivity index (χ0v) is 10.9. The third kappa shape index (κ3) is 2.80. The summed E-state index contributed by atoms with van der Waals surface area (Å²) in [6, 6.07) is 2.27. The number of nitrogens with zero attached hydrogens (tertiary/aromatic N) is 1. The van der Waals surface area contributed by atoms with Crippen LogP contribution in [0.25, 0.3) is 0 Å². The molecule has 0 spiro atoms. The monoisotopic (exact) mass is 308 g/mol. The number of nitrogens with one attached hydrogen (secondary N) is 1. The fourth-order valence-electron chi connectivity index (χ4n) is 1.77. The minimum absolute atomic E-state index is 0.0869. The smallest absolute Gasteiger partial charge is 0.308 e. The second-order valence-electron chi connectivity index (χ2n) is 3.92. The van der Waals surface area contributed by atoms with Crippen LogP contribution in [0, 0.1) is 11.6 Å². The molecule has 8 heteroatoms.